The number of fused-ring (bicyclic) bond motifs is 1. The van der Waals surface area contributed by atoms with Crippen molar-refractivity contribution in [1.82, 2.24) is 23.8 Å². The predicted molar refractivity (Wildman–Crippen MR) is 95.8 cm³/mol. The smallest absolute Gasteiger partial charge is 0.230 e. The molecule has 26 heavy (non-hydrogen) atoms. The second-order valence-electron chi connectivity index (χ2n) is 6.29. The van der Waals surface area contributed by atoms with Gasteiger partial charge in [-0.05, 0) is 19.1 Å². The number of rotatable bonds is 4. The Morgan fingerprint density at radius 2 is 2.00 bits per heavy atom. The molecule has 0 bridgehead atoms. The van der Waals surface area contributed by atoms with Gasteiger partial charge in [-0.2, -0.15) is 13.9 Å². The van der Waals surface area contributed by atoms with E-state index in [-0.39, 0.29) is 11.9 Å². The van der Waals surface area contributed by atoms with E-state index >= 15 is 0 Å². The third-order valence-corrected chi connectivity index (χ3v) is 6.91. The predicted octanol–water partition coefficient (Wildman–Crippen LogP) is 1.06. The van der Waals surface area contributed by atoms with Crippen LogP contribution in [0.25, 0.3) is 4.96 Å². The second kappa shape index (κ2) is 6.34. The van der Waals surface area contributed by atoms with Crippen molar-refractivity contribution in [2.75, 3.05) is 32.4 Å². The number of hydrogen-bond donors (Lipinski definition) is 1. The normalized spacial score (nSPS) is 18.5. The van der Waals surface area contributed by atoms with E-state index in [0.717, 1.165) is 5.76 Å². The highest BCUT2D eigenvalue weighted by molar-refractivity contribution is 7.88. The van der Waals surface area contributed by atoms with Crippen LogP contribution in [-0.2, 0) is 10.0 Å². The van der Waals surface area contributed by atoms with Crippen LogP contribution in [0.2, 0.25) is 0 Å². The molecular formula is C15H19N5O4S2. The van der Waals surface area contributed by atoms with Gasteiger partial charge in [-0.25, -0.2) is 13.4 Å². The summed E-state index contributed by atoms with van der Waals surface area (Å²) in [6.07, 6.45) is 2.62. The molecule has 0 amide bonds. The molecule has 0 spiro atoms. The topological polar surface area (TPSA) is 104 Å². The summed E-state index contributed by atoms with van der Waals surface area (Å²) >= 11 is 1.35. The van der Waals surface area contributed by atoms with Crippen LogP contribution in [0.3, 0.4) is 0 Å². The van der Waals surface area contributed by atoms with Crippen LogP contribution in [0.4, 0.5) is 0 Å². The molecule has 1 aliphatic heterocycles. The van der Waals surface area contributed by atoms with Crippen molar-refractivity contribution in [3.63, 3.8) is 0 Å². The molecule has 11 heteroatoms. The van der Waals surface area contributed by atoms with E-state index in [2.05, 4.69) is 15.0 Å². The number of aryl methyl sites for hydroxylation is 1. The molecule has 0 aromatic carbocycles. The molecule has 1 fully saturated rings. The van der Waals surface area contributed by atoms with Gasteiger partial charge in [0.25, 0.3) is 0 Å². The Bertz CT molecular complexity index is 1030. The van der Waals surface area contributed by atoms with Crippen molar-refractivity contribution in [2.45, 2.75) is 13.0 Å². The van der Waals surface area contributed by atoms with E-state index in [4.69, 9.17) is 4.42 Å². The first-order valence-electron chi connectivity index (χ1n) is 8.11. The molecule has 1 N–H and O–H groups in total. The Hall–Kier alpha value is -1.95. The standard InChI is InChI=1S/C15H19N5O4S2/c1-10-3-4-11(24-10)12(13-14(21)20-15(25-13)16-9-17-20)18-5-7-19(8-6-18)26(2,22)23/h3-4,9,12,21H,5-8H2,1-2H3/t12-/m0/s1. The van der Waals surface area contributed by atoms with Gasteiger partial charge in [0.15, 0.2) is 0 Å². The van der Waals surface area contributed by atoms with Crippen molar-refractivity contribution in [1.29, 1.82) is 0 Å². The molecule has 9 nitrogen and oxygen atoms in total. The Balaban J connectivity index is 1.71. The third kappa shape index (κ3) is 3.00. The summed E-state index contributed by atoms with van der Waals surface area (Å²) < 4.78 is 32.3. The first-order valence-corrected chi connectivity index (χ1v) is 10.8. The van der Waals surface area contributed by atoms with Crippen LogP contribution in [0.1, 0.15) is 22.4 Å². The molecule has 0 radical (unpaired) electrons. The van der Waals surface area contributed by atoms with Gasteiger partial charge in [0.05, 0.1) is 11.1 Å². The van der Waals surface area contributed by atoms with Crippen LogP contribution in [-0.4, -0.2) is 69.8 Å². The molecule has 1 atom stereocenters. The summed E-state index contributed by atoms with van der Waals surface area (Å²) in [7, 11) is -3.21. The number of thiazole rings is 1. The highest BCUT2D eigenvalue weighted by atomic mass is 32.2. The van der Waals surface area contributed by atoms with Crippen molar-refractivity contribution in [3.05, 3.63) is 34.9 Å². The maximum atomic E-state index is 11.8. The minimum atomic E-state index is -3.21. The monoisotopic (exact) mass is 397 g/mol. The molecular weight excluding hydrogens is 378 g/mol. The summed E-state index contributed by atoms with van der Waals surface area (Å²) in [6.45, 7) is 3.73. The molecule has 1 saturated heterocycles. The number of hydrogen-bond acceptors (Lipinski definition) is 8. The van der Waals surface area contributed by atoms with Crippen molar-refractivity contribution >= 4 is 26.3 Å². The Morgan fingerprint density at radius 1 is 1.27 bits per heavy atom. The van der Waals surface area contributed by atoms with Crippen molar-refractivity contribution < 1.29 is 17.9 Å². The third-order valence-electron chi connectivity index (χ3n) is 4.53. The Kier molecular flexibility index (Phi) is 4.26. The molecule has 0 unspecified atom stereocenters. The second-order valence-corrected chi connectivity index (χ2v) is 9.28. The molecule has 0 aliphatic carbocycles. The van der Waals surface area contributed by atoms with E-state index in [1.165, 1.54) is 32.7 Å². The number of furan rings is 1. The summed E-state index contributed by atoms with van der Waals surface area (Å²) in [6, 6.07) is 3.44. The minimum absolute atomic E-state index is 0.0343. The number of piperazine rings is 1. The summed E-state index contributed by atoms with van der Waals surface area (Å²) in [5.74, 6) is 1.51. The average molecular weight is 397 g/mol. The first kappa shape index (κ1) is 17.5. The van der Waals surface area contributed by atoms with Gasteiger partial charge in [0.2, 0.25) is 20.9 Å². The molecule has 3 aromatic heterocycles. The highest BCUT2D eigenvalue weighted by Gasteiger charge is 2.34. The Labute approximate surface area is 154 Å². The first-order chi connectivity index (χ1) is 12.3. The molecule has 0 saturated carbocycles. The van der Waals surface area contributed by atoms with Gasteiger partial charge in [-0.15, -0.1) is 0 Å². The van der Waals surface area contributed by atoms with E-state index in [1.54, 1.807) is 0 Å². The van der Waals surface area contributed by atoms with Gasteiger partial charge in [-0.1, -0.05) is 11.3 Å². The van der Waals surface area contributed by atoms with Crippen LogP contribution < -0.4 is 0 Å². The largest absolute Gasteiger partial charge is 0.492 e. The van der Waals surface area contributed by atoms with Gasteiger partial charge in [-0.3, -0.25) is 4.90 Å². The van der Waals surface area contributed by atoms with Crippen LogP contribution in [0, 0.1) is 6.92 Å². The molecule has 3 aromatic rings. The average Bonchev–Trinajstić information content (AvgIpc) is 3.28. The number of nitrogens with zero attached hydrogens (tertiary/aromatic N) is 5. The lowest BCUT2D eigenvalue weighted by Crippen LogP contribution is -2.49. The van der Waals surface area contributed by atoms with Gasteiger partial charge in [0.1, 0.15) is 23.9 Å². The quantitative estimate of drug-likeness (QED) is 0.702. The SMILES string of the molecule is Cc1ccc([C@@H](c2sc3ncnn3c2O)N2CCN(S(C)(=O)=O)CC2)o1. The summed E-state index contributed by atoms with van der Waals surface area (Å²) in [5, 5.41) is 14.7. The van der Waals surface area contributed by atoms with E-state index in [0.29, 0.717) is 41.8 Å². The van der Waals surface area contributed by atoms with Gasteiger partial charge >= 0.3 is 0 Å². The fraction of sp³-hybridized carbons (Fsp3) is 0.467. The Morgan fingerprint density at radius 3 is 2.58 bits per heavy atom. The zero-order valence-electron chi connectivity index (χ0n) is 14.4. The van der Waals surface area contributed by atoms with Crippen LogP contribution in [0.15, 0.2) is 22.9 Å². The molecule has 4 rings (SSSR count). The summed E-state index contributed by atoms with van der Waals surface area (Å²) in [5.41, 5.74) is 0. The lowest BCUT2D eigenvalue weighted by Gasteiger charge is -2.37. The number of aromatic nitrogens is 3. The van der Waals surface area contributed by atoms with Crippen molar-refractivity contribution in [3.8, 4) is 5.88 Å². The summed E-state index contributed by atoms with van der Waals surface area (Å²) in [4.78, 5) is 7.54. The highest BCUT2D eigenvalue weighted by Crippen LogP contribution is 2.40. The van der Waals surface area contributed by atoms with Crippen molar-refractivity contribution in [2.24, 2.45) is 0 Å². The fourth-order valence-corrected chi connectivity index (χ4v) is 5.14. The fourth-order valence-electron chi connectivity index (χ4n) is 3.24. The maximum Gasteiger partial charge on any atom is 0.230 e. The zero-order valence-corrected chi connectivity index (χ0v) is 16.0. The van der Waals surface area contributed by atoms with E-state index in [1.807, 2.05) is 19.1 Å². The lowest BCUT2D eigenvalue weighted by molar-refractivity contribution is 0.142. The van der Waals surface area contributed by atoms with Gasteiger partial charge < -0.3 is 9.52 Å². The van der Waals surface area contributed by atoms with Crippen LogP contribution in [0.5, 0.6) is 5.88 Å². The van der Waals surface area contributed by atoms with Gasteiger partial charge in [0, 0.05) is 26.2 Å². The molecule has 4 heterocycles. The van der Waals surface area contributed by atoms with E-state index in [9.17, 15) is 13.5 Å². The van der Waals surface area contributed by atoms with Crippen LogP contribution >= 0.6 is 11.3 Å². The lowest BCUT2D eigenvalue weighted by atomic mass is 10.1. The van der Waals surface area contributed by atoms with E-state index < -0.39 is 10.0 Å². The number of aromatic hydroxyl groups is 1. The molecule has 140 valence electrons. The zero-order chi connectivity index (χ0) is 18.5. The number of sulfonamides is 1. The maximum absolute atomic E-state index is 11.8. The minimum Gasteiger partial charge on any atom is -0.492 e. The molecule has 1 aliphatic rings.